The first-order chi connectivity index (χ1) is 13.1. The van der Waals surface area contributed by atoms with E-state index in [0.29, 0.717) is 49.2 Å². The Morgan fingerprint density at radius 2 is 1.48 bits per heavy atom. The molecule has 6 heteroatoms. The third kappa shape index (κ3) is 5.29. The van der Waals surface area contributed by atoms with Gasteiger partial charge in [-0.3, -0.25) is 4.79 Å². The largest absolute Gasteiger partial charge is 0.496 e. The van der Waals surface area contributed by atoms with Gasteiger partial charge in [-0.25, -0.2) is 0 Å². The maximum absolute atomic E-state index is 12.7. The number of hydrogen-bond donors (Lipinski definition) is 1. The molecule has 0 aliphatic heterocycles. The molecule has 0 saturated heterocycles. The fourth-order valence-electron chi connectivity index (χ4n) is 2.65. The molecule has 0 radical (unpaired) electrons. The number of carbonyl (C=O) groups is 1. The zero-order valence-electron chi connectivity index (χ0n) is 16.3. The third-order valence-electron chi connectivity index (χ3n) is 3.80. The lowest BCUT2D eigenvalue weighted by atomic mass is 10.1. The van der Waals surface area contributed by atoms with Crippen LogP contribution in [0.15, 0.2) is 36.4 Å². The maximum Gasteiger partial charge on any atom is 0.251 e. The normalized spacial score (nSPS) is 10.2. The molecule has 0 unspecified atom stereocenters. The lowest BCUT2D eigenvalue weighted by Gasteiger charge is -2.17. The van der Waals surface area contributed by atoms with Crippen LogP contribution in [0.4, 0.5) is 0 Å². The molecule has 0 aromatic heterocycles. The second-order valence-electron chi connectivity index (χ2n) is 5.60. The molecule has 0 saturated carbocycles. The molecular formula is C21H27NO5. The number of nitrogens with one attached hydrogen (secondary N) is 1. The highest BCUT2D eigenvalue weighted by Crippen LogP contribution is 2.39. The SMILES string of the molecule is CCOc1cc(C(=O)NCc2ccccc2OC)cc(OCC)c1OCC. The summed E-state index contributed by atoms with van der Waals surface area (Å²) in [5, 5.41) is 2.91. The number of methoxy groups -OCH3 is 1. The first kappa shape index (κ1) is 20.4. The molecule has 6 nitrogen and oxygen atoms in total. The van der Waals surface area contributed by atoms with Crippen LogP contribution < -0.4 is 24.3 Å². The van der Waals surface area contributed by atoms with E-state index in [0.717, 1.165) is 11.3 Å². The van der Waals surface area contributed by atoms with Crippen molar-refractivity contribution in [2.75, 3.05) is 26.9 Å². The van der Waals surface area contributed by atoms with Crippen molar-refractivity contribution in [2.24, 2.45) is 0 Å². The van der Waals surface area contributed by atoms with Crippen LogP contribution in [0.1, 0.15) is 36.7 Å². The highest BCUT2D eigenvalue weighted by molar-refractivity contribution is 5.95. The number of rotatable bonds is 10. The van der Waals surface area contributed by atoms with Crippen molar-refractivity contribution < 1.29 is 23.7 Å². The second kappa shape index (κ2) is 10.3. The fraction of sp³-hybridized carbons (Fsp3) is 0.381. The Labute approximate surface area is 160 Å². The lowest BCUT2D eigenvalue weighted by Crippen LogP contribution is -2.23. The van der Waals surface area contributed by atoms with Crippen molar-refractivity contribution in [2.45, 2.75) is 27.3 Å². The van der Waals surface area contributed by atoms with Gasteiger partial charge in [0.1, 0.15) is 5.75 Å². The minimum Gasteiger partial charge on any atom is -0.496 e. The van der Waals surface area contributed by atoms with Gasteiger partial charge in [-0.05, 0) is 39.0 Å². The number of amides is 1. The summed E-state index contributed by atoms with van der Waals surface area (Å²) in [6.07, 6.45) is 0. The Morgan fingerprint density at radius 3 is 2.04 bits per heavy atom. The van der Waals surface area contributed by atoms with Gasteiger partial charge < -0.3 is 24.3 Å². The predicted octanol–water partition coefficient (Wildman–Crippen LogP) is 3.82. The van der Waals surface area contributed by atoms with Crippen LogP contribution in [0.25, 0.3) is 0 Å². The molecular weight excluding hydrogens is 346 g/mol. The third-order valence-corrected chi connectivity index (χ3v) is 3.80. The van der Waals surface area contributed by atoms with E-state index < -0.39 is 0 Å². The van der Waals surface area contributed by atoms with Crippen LogP contribution in [0.2, 0.25) is 0 Å². The van der Waals surface area contributed by atoms with Gasteiger partial charge in [0.05, 0.1) is 26.9 Å². The Kier molecular flexibility index (Phi) is 7.79. The van der Waals surface area contributed by atoms with Crippen LogP contribution in [0.3, 0.4) is 0 Å². The maximum atomic E-state index is 12.7. The summed E-state index contributed by atoms with van der Waals surface area (Å²) in [7, 11) is 1.61. The first-order valence-electron chi connectivity index (χ1n) is 9.11. The van der Waals surface area contributed by atoms with E-state index in [9.17, 15) is 4.79 Å². The number of benzene rings is 2. The highest BCUT2D eigenvalue weighted by atomic mass is 16.5. The Balaban J connectivity index is 2.26. The van der Waals surface area contributed by atoms with Crippen molar-refractivity contribution in [3.8, 4) is 23.0 Å². The number of carbonyl (C=O) groups excluding carboxylic acids is 1. The molecule has 0 heterocycles. The summed E-state index contributed by atoms with van der Waals surface area (Å²) >= 11 is 0. The minimum absolute atomic E-state index is 0.231. The topological polar surface area (TPSA) is 66.0 Å². The molecule has 0 aliphatic carbocycles. The van der Waals surface area contributed by atoms with E-state index in [4.69, 9.17) is 18.9 Å². The van der Waals surface area contributed by atoms with Gasteiger partial charge in [0, 0.05) is 17.7 Å². The van der Waals surface area contributed by atoms with Gasteiger partial charge in [-0.2, -0.15) is 0 Å². The summed E-state index contributed by atoms with van der Waals surface area (Å²) in [4.78, 5) is 12.7. The molecule has 2 aromatic carbocycles. The molecule has 0 atom stereocenters. The summed E-state index contributed by atoms with van der Waals surface area (Å²) < 4.78 is 22.3. The van der Waals surface area contributed by atoms with Crippen molar-refractivity contribution in [1.29, 1.82) is 0 Å². The smallest absolute Gasteiger partial charge is 0.251 e. The molecule has 2 rings (SSSR count). The minimum atomic E-state index is -0.231. The standard InChI is InChI=1S/C21H27NO5/c1-5-25-18-12-16(13-19(26-6-2)20(18)27-7-3)21(23)22-14-15-10-8-9-11-17(15)24-4/h8-13H,5-7,14H2,1-4H3,(H,22,23). The van der Waals surface area contributed by atoms with Crippen LogP contribution in [0.5, 0.6) is 23.0 Å². The molecule has 27 heavy (non-hydrogen) atoms. The monoisotopic (exact) mass is 373 g/mol. The van der Waals surface area contributed by atoms with E-state index in [1.165, 1.54) is 0 Å². The number of para-hydroxylation sites is 1. The Hall–Kier alpha value is -2.89. The molecule has 0 fully saturated rings. The quantitative estimate of drug-likeness (QED) is 0.686. The van der Waals surface area contributed by atoms with Crippen molar-refractivity contribution in [3.05, 3.63) is 47.5 Å². The van der Waals surface area contributed by atoms with E-state index in [1.807, 2.05) is 45.0 Å². The van der Waals surface area contributed by atoms with Crippen LogP contribution in [-0.4, -0.2) is 32.8 Å². The van der Waals surface area contributed by atoms with Gasteiger partial charge in [0.2, 0.25) is 5.75 Å². The van der Waals surface area contributed by atoms with Gasteiger partial charge in [-0.1, -0.05) is 18.2 Å². The van der Waals surface area contributed by atoms with E-state index in [2.05, 4.69) is 5.32 Å². The fourth-order valence-corrected chi connectivity index (χ4v) is 2.65. The number of hydrogen-bond acceptors (Lipinski definition) is 5. The van der Waals surface area contributed by atoms with Crippen molar-refractivity contribution in [3.63, 3.8) is 0 Å². The van der Waals surface area contributed by atoms with Gasteiger partial charge >= 0.3 is 0 Å². The number of ether oxygens (including phenoxy) is 4. The lowest BCUT2D eigenvalue weighted by molar-refractivity contribution is 0.0949. The molecule has 2 aromatic rings. The Bertz CT molecular complexity index is 733. The Morgan fingerprint density at radius 1 is 0.889 bits per heavy atom. The van der Waals surface area contributed by atoms with Gasteiger partial charge in [0.25, 0.3) is 5.91 Å². The van der Waals surface area contributed by atoms with Crippen LogP contribution >= 0.6 is 0 Å². The summed E-state index contributed by atoms with van der Waals surface area (Å²) in [5.41, 5.74) is 1.34. The van der Waals surface area contributed by atoms with Gasteiger partial charge in [-0.15, -0.1) is 0 Å². The second-order valence-corrected chi connectivity index (χ2v) is 5.60. The predicted molar refractivity (Wildman–Crippen MR) is 104 cm³/mol. The summed E-state index contributed by atoms with van der Waals surface area (Å²) in [6.45, 7) is 7.38. The molecule has 1 N–H and O–H groups in total. The summed E-state index contributed by atoms with van der Waals surface area (Å²) in [6, 6.07) is 10.9. The zero-order valence-corrected chi connectivity index (χ0v) is 16.3. The highest BCUT2D eigenvalue weighted by Gasteiger charge is 2.18. The van der Waals surface area contributed by atoms with E-state index in [-0.39, 0.29) is 5.91 Å². The van der Waals surface area contributed by atoms with Crippen LogP contribution in [-0.2, 0) is 6.54 Å². The molecule has 0 aliphatic rings. The molecule has 0 bridgehead atoms. The van der Waals surface area contributed by atoms with E-state index in [1.54, 1.807) is 19.2 Å². The first-order valence-corrected chi connectivity index (χ1v) is 9.11. The average molecular weight is 373 g/mol. The molecule has 0 spiro atoms. The molecule has 146 valence electrons. The van der Waals surface area contributed by atoms with Crippen molar-refractivity contribution >= 4 is 5.91 Å². The molecule has 1 amide bonds. The average Bonchev–Trinajstić information content (AvgIpc) is 2.68. The van der Waals surface area contributed by atoms with E-state index >= 15 is 0 Å². The summed E-state index contributed by atoms with van der Waals surface area (Å²) in [5.74, 6) is 2.00. The van der Waals surface area contributed by atoms with Crippen molar-refractivity contribution in [1.82, 2.24) is 5.32 Å². The van der Waals surface area contributed by atoms with Crippen LogP contribution in [0, 0.1) is 0 Å². The zero-order chi connectivity index (χ0) is 19.6. The van der Waals surface area contributed by atoms with Gasteiger partial charge in [0.15, 0.2) is 11.5 Å².